The summed E-state index contributed by atoms with van der Waals surface area (Å²) in [4.78, 5) is 10.8. The van der Waals surface area contributed by atoms with Crippen LogP contribution in [-0.2, 0) is 6.42 Å². The number of benzene rings is 1. The first-order chi connectivity index (χ1) is 7.19. The Balaban J connectivity index is 2.93. The lowest BCUT2D eigenvalue weighted by atomic mass is 9.78. The lowest BCUT2D eigenvalue weighted by Gasteiger charge is -2.06. The van der Waals surface area contributed by atoms with E-state index in [0.29, 0.717) is 11.0 Å². The Morgan fingerprint density at radius 1 is 1.40 bits per heavy atom. The van der Waals surface area contributed by atoms with E-state index in [2.05, 4.69) is 6.92 Å². The first-order valence-electron chi connectivity index (χ1n) is 5.13. The van der Waals surface area contributed by atoms with Crippen molar-refractivity contribution in [2.24, 2.45) is 0 Å². The predicted molar refractivity (Wildman–Crippen MR) is 60.3 cm³/mol. The Morgan fingerprint density at radius 3 is 2.67 bits per heavy atom. The zero-order valence-electron chi connectivity index (χ0n) is 8.81. The van der Waals surface area contributed by atoms with Crippen LogP contribution < -0.4 is 5.46 Å². The van der Waals surface area contributed by atoms with Gasteiger partial charge in [0.1, 0.15) is 6.29 Å². The van der Waals surface area contributed by atoms with Gasteiger partial charge in [-0.25, -0.2) is 0 Å². The number of aldehydes is 1. The largest absolute Gasteiger partial charge is 0.488 e. The average Bonchev–Trinajstić information content (AvgIpc) is 2.25. The van der Waals surface area contributed by atoms with Gasteiger partial charge in [0.05, 0.1) is 0 Å². The van der Waals surface area contributed by atoms with Crippen molar-refractivity contribution in [3.63, 3.8) is 0 Å². The van der Waals surface area contributed by atoms with Gasteiger partial charge in [-0.05, 0) is 23.9 Å². The Morgan fingerprint density at radius 2 is 2.13 bits per heavy atom. The fourth-order valence-electron chi connectivity index (χ4n) is 1.48. The second-order valence-corrected chi connectivity index (χ2v) is 3.55. The van der Waals surface area contributed by atoms with Crippen LogP contribution in [-0.4, -0.2) is 23.5 Å². The van der Waals surface area contributed by atoms with Crippen molar-refractivity contribution >= 4 is 18.9 Å². The second-order valence-electron chi connectivity index (χ2n) is 3.55. The lowest BCUT2D eigenvalue weighted by Crippen LogP contribution is -2.30. The summed E-state index contributed by atoms with van der Waals surface area (Å²) < 4.78 is 0. The van der Waals surface area contributed by atoms with Gasteiger partial charge in [0, 0.05) is 5.56 Å². The molecule has 3 nitrogen and oxygen atoms in total. The molecule has 80 valence electrons. The molecular formula is C11H15BO3. The van der Waals surface area contributed by atoms with E-state index in [4.69, 9.17) is 10.0 Å². The van der Waals surface area contributed by atoms with Crippen molar-refractivity contribution in [2.45, 2.75) is 26.2 Å². The molecule has 0 amide bonds. The quantitative estimate of drug-likeness (QED) is 0.545. The van der Waals surface area contributed by atoms with E-state index in [1.54, 1.807) is 12.1 Å². The number of aryl methyl sites for hydroxylation is 1. The molecule has 0 heterocycles. The van der Waals surface area contributed by atoms with Gasteiger partial charge in [-0.3, -0.25) is 4.79 Å². The van der Waals surface area contributed by atoms with Crippen LogP contribution in [0.2, 0.25) is 0 Å². The molecule has 0 radical (unpaired) electrons. The highest BCUT2D eigenvalue weighted by Gasteiger charge is 2.12. The molecule has 0 unspecified atom stereocenters. The minimum atomic E-state index is -1.51. The normalized spacial score (nSPS) is 10.1. The molecule has 1 aromatic rings. The van der Waals surface area contributed by atoms with Gasteiger partial charge in [0.2, 0.25) is 0 Å². The van der Waals surface area contributed by atoms with Crippen LogP contribution >= 0.6 is 0 Å². The maximum atomic E-state index is 10.8. The maximum Gasteiger partial charge on any atom is 0.488 e. The Kier molecular flexibility index (Phi) is 4.53. The molecule has 0 bridgehead atoms. The first-order valence-corrected chi connectivity index (χ1v) is 5.13. The Labute approximate surface area is 89.9 Å². The second kappa shape index (κ2) is 5.68. The Bertz CT molecular complexity index is 337. The third-order valence-electron chi connectivity index (χ3n) is 2.39. The third-order valence-corrected chi connectivity index (χ3v) is 2.39. The van der Waals surface area contributed by atoms with Gasteiger partial charge in [-0.2, -0.15) is 0 Å². The number of hydrogen-bond donors (Lipinski definition) is 2. The summed E-state index contributed by atoms with van der Waals surface area (Å²) in [5, 5.41) is 17.9. The topological polar surface area (TPSA) is 57.5 Å². The SMILES string of the molecule is CCCCc1ccc(B(O)O)cc1C=O. The van der Waals surface area contributed by atoms with Crippen molar-refractivity contribution in [3.8, 4) is 0 Å². The van der Waals surface area contributed by atoms with Crippen LogP contribution in [0.5, 0.6) is 0 Å². The van der Waals surface area contributed by atoms with Gasteiger partial charge in [0.15, 0.2) is 0 Å². The smallest absolute Gasteiger partial charge is 0.423 e. The minimum absolute atomic E-state index is 0.359. The molecule has 0 spiro atoms. The zero-order valence-corrected chi connectivity index (χ0v) is 8.81. The zero-order chi connectivity index (χ0) is 11.3. The summed E-state index contributed by atoms with van der Waals surface area (Å²) in [6.07, 6.45) is 3.72. The molecule has 15 heavy (non-hydrogen) atoms. The van der Waals surface area contributed by atoms with Crippen molar-refractivity contribution in [1.29, 1.82) is 0 Å². The Hall–Kier alpha value is -1.13. The van der Waals surface area contributed by atoms with E-state index >= 15 is 0 Å². The fourth-order valence-corrected chi connectivity index (χ4v) is 1.48. The van der Waals surface area contributed by atoms with Crippen LogP contribution in [0.1, 0.15) is 35.7 Å². The van der Waals surface area contributed by atoms with E-state index in [1.165, 1.54) is 6.07 Å². The number of rotatable bonds is 5. The standard InChI is InChI=1S/C11H15BO3/c1-2-3-4-9-5-6-11(12(14)15)7-10(9)8-13/h5-8,14-15H,2-4H2,1H3. The van der Waals surface area contributed by atoms with Crippen LogP contribution in [0.3, 0.4) is 0 Å². The molecule has 0 saturated heterocycles. The van der Waals surface area contributed by atoms with Crippen LogP contribution in [0, 0.1) is 0 Å². The molecule has 0 fully saturated rings. The average molecular weight is 206 g/mol. The summed E-state index contributed by atoms with van der Waals surface area (Å²) in [7, 11) is -1.51. The van der Waals surface area contributed by atoms with Gasteiger partial charge < -0.3 is 10.0 Å². The van der Waals surface area contributed by atoms with Gasteiger partial charge >= 0.3 is 7.12 Å². The summed E-state index contributed by atoms with van der Waals surface area (Å²) in [6.45, 7) is 2.09. The molecule has 2 N–H and O–H groups in total. The molecule has 0 aliphatic carbocycles. The van der Waals surface area contributed by atoms with Crippen molar-refractivity contribution < 1.29 is 14.8 Å². The molecule has 0 aliphatic heterocycles. The lowest BCUT2D eigenvalue weighted by molar-refractivity contribution is 0.112. The maximum absolute atomic E-state index is 10.8. The van der Waals surface area contributed by atoms with E-state index in [-0.39, 0.29) is 0 Å². The van der Waals surface area contributed by atoms with Crippen LogP contribution in [0.25, 0.3) is 0 Å². The van der Waals surface area contributed by atoms with E-state index in [0.717, 1.165) is 31.1 Å². The highest BCUT2D eigenvalue weighted by Crippen LogP contribution is 2.09. The minimum Gasteiger partial charge on any atom is -0.423 e. The van der Waals surface area contributed by atoms with Crippen LogP contribution in [0.4, 0.5) is 0 Å². The summed E-state index contributed by atoms with van der Waals surface area (Å²) in [5.41, 5.74) is 1.88. The number of carbonyl (C=O) groups excluding carboxylic acids is 1. The predicted octanol–water partition coefficient (Wildman–Crippen LogP) is 0.522. The summed E-state index contributed by atoms with van der Waals surface area (Å²) in [5.74, 6) is 0. The van der Waals surface area contributed by atoms with E-state index < -0.39 is 7.12 Å². The molecule has 1 rings (SSSR count). The van der Waals surface area contributed by atoms with Crippen molar-refractivity contribution in [3.05, 3.63) is 29.3 Å². The van der Waals surface area contributed by atoms with Crippen molar-refractivity contribution in [1.82, 2.24) is 0 Å². The third kappa shape index (κ3) is 3.18. The number of unbranched alkanes of at least 4 members (excludes halogenated alkanes) is 1. The fraction of sp³-hybridized carbons (Fsp3) is 0.364. The van der Waals surface area contributed by atoms with E-state index in [9.17, 15) is 4.79 Å². The molecule has 1 aromatic carbocycles. The molecule has 0 atom stereocenters. The van der Waals surface area contributed by atoms with E-state index in [1.807, 2.05) is 0 Å². The molecule has 4 heteroatoms. The van der Waals surface area contributed by atoms with Crippen molar-refractivity contribution in [2.75, 3.05) is 0 Å². The number of carbonyl (C=O) groups is 1. The monoisotopic (exact) mass is 206 g/mol. The number of hydrogen-bond acceptors (Lipinski definition) is 3. The molecule has 0 aliphatic rings. The molecule has 0 aromatic heterocycles. The highest BCUT2D eigenvalue weighted by molar-refractivity contribution is 6.58. The van der Waals surface area contributed by atoms with Gasteiger partial charge in [0.25, 0.3) is 0 Å². The molecular weight excluding hydrogens is 191 g/mol. The summed E-state index contributed by atoms with van der Waals surface area (Å²) >= 11 is 0. The van der Waals surface area contributed by atoms with Gasteiger partial charge in [-0.1, -0.05) is 31.5 Å². The van der Waals surface area contributed by atoms with Crippen LogP contribution in [0.15, 0.2) is 18.2 Å². The molecule has 0 saturated carbocycles. The highest BCUT2D eigenvalue weighted by atomic mass is 16.4. The van der Waals surface area contributed by atoms with Gasteiger partial charge in [-0.15, -0.1) is 0 Å². The first kappa shape index (κ1) is 11.9. The summed E-state index contributed by atoms with van der Waals surface area (Å²) in [6, 6.07) is 4.96.